The Labute approximate surface area is 104 Å². The summed E-state index contributed by atoms with van der Waals surface area (Å²) in [5.41, 5.74) is 0. The van der Waals surface area contributed by atoms with Crippen molar-refractivity contribution in [3.8, 4) is 0 Å². The fourth-order valence-corrected chi connectivity index (χ4v) is 2.44. The summed E-state index contributed by atoms with van der Waals surface area (Å²) in [6.45, 7) is 2.15. The van der Waals surface area contributed by atoms with Crippen LogP contribution in [0.1, 0.15) is 11.8 Å². The predicted molar refractivity (Wildman–Crippen MR) is 70.4 cm³/mol. The van der Waals surface area contributed by atoms with Gasteiger partial charge in [-0.3, -0.25) is 0 Å². The molecule has 1 N–H and O–H groups in total. The van der Waals surface area contributed by atoms with E-state index < -0.39 is 0 Å². The summed E-state index contributed by atoms with van der Waals surface area (Å²) in [5, 5.41) is 6.11. The molecule has 0 amide bonds. The van der Waals surface area contributed by atoms with E-state index in [1.165, 1.54) is 4.88 Å². The average Bonchev–Trinajstić information content (AvgIpc) is 2.74. The second-order valence-corrected chi connectivity index (χ2v) is 5.16. The lowest BCUT2D eigenvalue weighted by atomic mass is 10.2. The van der Waals surface area contributed by atoms with Crippen LogP contribution in [0, 0.1) is 0 Å². The number of thiophene rings is 1. The molecule has 0 aromatic carbocycles. The number of hydrogen-bond donors (Lipinski definition) is 1. The van der Waals surface area contributed by atoms with Gasteiger partial charge < -0.3 is 5.32 Å². The molecule has 1 unspecified atom stereocenters. The van der Waals surface area contributed by atoms with E-state index in [1.54, 1.807) is 17.5 Å². The van der Waals surface area contributed by atoms with Crippen molar-refractivity contribution in [2.45, 2.75) is 19.4 Å². The third-order valence-electron chi connectivity index (χ3n) is 2.21. The van der Waals surface area contributed by atoms with Crippen molar-refractivity contribution in [1.82, 2.24) is 4.98 Å². The Bertz CT molecular complexity index is 425. The van der Waals surface area contributed by atoms with Crippen LogP contribution in [0.15, 0.2) is 35.8 Å². The Kier molecular flexibility index (Phi) is 3.80. The van der Waals surface area contributed by atoms with Gasteiger partial charge in [0.05, 0.1) is 5.02 Å². The summed E-state index contributed by atoms with van der Waals surface area (Å²) in [5.74, 6) is 0.869. The average molecular weight is 253 g/mol. The fourth-order valence-electron chi connectivity index (χ4n) is 1.50. The first-order valence-corrected chi connectivity index (χ1v) is 6.40. The number of pyridine rings is 1. The van der Waals surface area contributed by atoms with Gasteiger partial charge in [-0.2, -0.15) is 0 Å². The molecule has 2 nitrogen and oxygen atoms in total. The highest BCUT2D eigenvalue weighted by Crippen LogP contribution is 2.14. The van der Waals surface area contributed by atoms with Crippen molar-refractivity contribution in [2.75, 3.05) is 5.32 Å². The van der Waals surface area contributed by atoms with E-state index in [0.29, 0.717) is 11.1 Å². The van der Waals surface area contributed by atoms with E-state index in [0.717, 1.165) is 12.2 Å². The van der Waals surface area contributed by atoms with Crippen LogP contribution in [0.3, 0.4) is 0 Å². The number of nitrogens with zero attached hydrogens (tertiary/aromatic N) is 1. The monoisotopic (exact) mass is 252 g/mol. The number of halogens is 1. The zero-order valence-electron chi connectivity index (χ0n) is 8.98. The zero-order valence-corrected chi connectivity index (χ0v) is 10.6. The molecule has 2 aromatic heterocycles. The highest BCUT2D eigenvalue weighted by Gasteiger charge is 2.04. The smallest absolute Gasteiger partial charge is 0.126 e. The van der Waals surface area contributed by atoms with Gasteiger partial charge in [0.25, 0.3) is 0 Å². The number of aromatic nitrogens is 1. The first-order valence-electron chi connectivity index (χ1n) is 5.14. The van der Waals surface area contributed by atoms with Crippen molar-refractivity contribution in [3.05, 3.63) is 45.7 Å². The molecule has 0 fully saturated rings. The fraction of sp³-hybridized carbons (Fsp3) is 0.250. The maximum atomic E-state index is 5.77. The van der Waals surface area contributed by atoms with Crippen LogP contribution < -0.4 is 5.32 Å². The molecule has 2 heterocycles. The number of anilines is 1. The summed E-state index contributed by atoms with van der Waals surface area (Å²) < 4.78 is 0. The maximum absolute atomic E-state index is 5.77. The Balaban J connectivity index is 1.92. The molecule has 84 valence electrons. The first-order chi connectivity index (χ1) is 7.74. The van der Waals surface area contributed by atoms with E-state index in [-0.39, 0.29) is 0 Å². The second-order valence-electron chi connectivity index (χ2n) is 3.69. The highest BCUT2D eigenvalue weighted by atomic mass is 35.5. The van der Waals surface area contributed by atoms with E-state index in [9.17, 15) is 0 Å². The van der Waals surface area contributed by atoms with Gasteiger partial charge in [0.15, 0.2) is 0 Å². The lowest BCUT2D eigenvalue weighted by Gasteiger charge is -2.13. The molecule has 0 radical (unpaired) electrons. The second kappa shape index (κ2) is 5.32. The summed E-state index contributed by atoms with van der Waals surface area (Å²) in [4.78, 5) is 5.59. The van der Waals surface area contributed by atoms with Crippen LogP contribution in [0.2, 0.25) is 5.02 Å². The largest absolute Gasteiger partial charge is 0.367 e. The van der Waals surface area contributed by atoms with E-state index in [2.05, 4.69) is 34.7 Å². The van der Waals surface area contributed by atoms with Gasteiger partial charge in [-0.1, -0.05) is 17.7 Å². The van der Waals surface area contributed by atoms with Gasteiger partial charge in [-0.15, -0.1) is 11.3 Å². The molecule has 0 bridgehead atoms. The van der Waals surface area contributed by atoms with Crippen LogP contribution in [0.25, 0.3) is 0 Å². The minimum absolute atomic E-state index is 0.368. The third kappa shape index (κ3) is 3.22. The summed E-state index contributed by atoms with van der Waals surface area (Å²) >= 11 is 7.56. The standard InChI is InChI=1S/C12H13ClN2S/c1-9(7-11-3-2-6-16-11)15-12-5-4-10(13)8-14-12/h2-6,8-9H,7H2,1H3,(H,14,15). The zero-order chi connectivity index (χ0) is 11.4. The van der Waals surface area contributed by atoms with Crippen molar-refractivity contribution in [3.63, 3.8) is 0 Å². The van der Waals surface area contributed by atoms with Crippen molar-refractivity contribution >= 4 is 28.8 Å². The topological polar surface area (TPSA) is 24.9 Å². The van der Waals surface area contributed by atoms with Gasteiger partial charge in [-0.25, -0.2) is 4.98 Å². The van der Waals surface area contributed by atoms with Crippen LogP contribution in [-0.4, -0.2) is 11.0 Å². The third-order valence-corrected chi connectivity index (χ3v) is 3.33. The van der Waals surface area contributed by atoms with Crippen molar-refractivity contribution in [1.29, 1.82) is 0 Å². The van der Waals surface area contributed by atoms with Gasteiger partial charge in [-0.05, 0) is 30.5 Å². The molecule has 0 aliphatic rings. The molecule has 0 spiro atoms. The van der Waals surface area contributed by atoms with Crippen LogP contribution in [0.5, 0.6) is 0 Å². The number of nitrogens with one attached hydrogen (secondary N) is 1. The Morgan fingerprint density at radius 2 is 2.31 bits per heavy atom. The molecular weight excluding hydrogens is 240 g/mol. The molecule has 2 aromatic rings. The van der Waals surface area contributed by atoms with Gasteiger partial charge in [0.2, 0.25) is 0 Å². The molecular formula is C12H13ClN2S. The molecule has 0 saturated carbocycles. The van der Waals surface area contributed by atoms with Gasteiger partial charge in [0, 0.05) is 23.5 Å². The minimum atomic E-state index is 0.368. The lowest BCUT2D eigenvalue weighted by Crippen LogP contribution is -2.18. The quantitative estimate of drug-likeness (QED) is 0.894. The Morgan fingerprint density at radius 3 is 2.94 bits per heavy atom. The van der Waals surface area contributed by atoms with E-state index in [4.69, 9.17) is 11.6 Å². The number of rotatable bonds is 4. The van der Waals surface area contributed by atoms with Crippen LogP contribution in [0.4, 0.5) is 5.82 Å². The Morgan fingerprint density at radius 1 is 1.44 bits per heavy atom. The molecule has 0 saturated heterocycles. The van der Waals surface area contributed by atoms with Crippen molar-refractivity contribution < 1.29 is 0 Å². The summed E-state index contributed by atoms with van der Waals surface area (Å²) in [7, 11) is 0. The van der Waals surface area contributed by atoms with Gasteiger partial charge in [0.1, 0.15) is 5.82 Å². The SMILES string of the molecule is CC(Cc1cccs1)Nc1ccc(Cl)cn1. The summed E-state index contributed by atoms with van der Waals surface area (Å²) in [6, 6.07) is 8.33. The molecule has 16 heavy (non-hydrogen) atoms. The molecule has 2 rings (SSSR count). The molecule has 0 aliphatic carbocycles. The van der Waals surface area contributed by atoms with E-state index >= 15 is 0 Å². The van der Waals surface area contributed by atoms with Crippen LogP contribution >= 0.6 is 22.9 Å². The lowest BCUT2D eigenvalue weighted by molar-refractivity contribution is 0.794. The first kappa shape index (κ1) is 11.4. The maximum Gasteiger partial charge on any atom is 0.126 e. The highest BCUT2D eigenvalue weighted by molar-refractivity contribution is 7.09. The molecule has 1 atom stereocenters. The van der Waals surface area contributed by atoms with Gasteiger partial charge >= 0.3 is 0 Å². The van der Waals surface area contributed by atoms with E-state index in [1.807, 2.05) is 12.1 Å². The summed E-state index contributed by atoms with van der Waals surface area (Å²) in [6.07, 6.45) is 2.67. The van der Waals surface area contributed by atoms with Crippen LogP contribution in [-0.2, 0) is 6.42 Å². The Hall–Kier alpha value is -1.06. The minimum Gasteiger partial charge on any atom is -0.367 e. The molecule has 4 heteroatoms. The predicted octanol–water partition coefficient (Wildman–Crippen LogP) is 3.84. The number of hydrogen-bond acceptors (Lipinski definition) is 3. The normalized spacial score (nSPS) is 12.4. The van der Waals surface area contributed by atoms with Crippen molar-refractivity contribution in [2.24, 2.45) is 0 Å². The molecule has 0 aliphatic heterocycles.